The Morgan fingerprint density at radius 1 is 1.30 bits per heavy atom. The molecule has 2 amide bonds. The number of hydrogen-bond donors (Lipinski definition) is 2. The van der Waals surface area contributed by atoms with Crippen molar-refractivity contribution in [3.63, 3.8) is 0 Å². The first kappa shape index (κ1) is 23.9. The molecule has 0 aliphatic rings. The van der Waals surface area contributed by atoms with E-state index >= 15 is 0 Å². The second kappa shape index (κ2) is 9.16. The van der Waals surface area contributed by atoms with Crippen LogP contribution >= 0.6 is 27.3 Å². The van der Waals surface area contributed by atoms with Crippen LogP contribution in [-0.4, -0.2) is 34.2 Å². The van der Waals surface area contributed by atoms with Gasteiger partial charge in [0, 0.05) is 6.42 Å². The first-order valence-electron chi connectivity index (χ1n) is 8.58. The van der Waals surface area contributed by atoms with Crippen LogP contribution in [-0.2, 0) is 22.3 Å². The predicted octanol–water partition coefficient (Wildman–Crippen LogP) is 3.65. The van der Waals surface area contributed by atoms with Crippen molar-refractivity contribution >= 4 is 50.1 Å². The number of rotatable bonds is 7. The van der Waals surface area contributed by atoms with Crippen LogP contribution in [0.25, 0.3) is 0 Å². The SMILES string of the molecule is CCOC(=O)c1c(NC(=O)CCn2nc(C(F)(F)F)c(Br)c2C)sc(C(N)=O)c1C. The number of hydrogen-bond acceptors (Lipinski definition) is 6. The molecule has 2 heterocycles. The van der Waals surface area contributed by atoms with Crippen molar-refractivity contribution in [1.29, 1.82) is 0 Å². The van der Waals surface area contributed by atoms with Crippen LogP contribution in [0.1, 0.15) is 50.3 Å². The molecule has 2 rings (SSSR count). The van der Waals surface area contributed by atoms with Gasteiger partial charge in [-0.05, 0) is 42.3 Å². The number of halogens is 4. The molecule has 0 radical (unpaired) electrons. The van der Waals surface area contributed by atoms with Gasteiger partial charge in [0.1, 0.15) is 5.00 Å². The maximum Gasteiger partial charge on any atom is 0.436 e. The Morgan fingerprint density at radius 2 is 1.93 bits per heavy atom. The Bertz CT molecular complexity index is 1000. The molecule has 0 fully saturated rings. The van der Waals surface area contributed by atoms with Crippen molar-refractivity contribution in [2.24, 2.45) is 5.73 Å². The second-order valence-electron chi connectivity index (χ2n) is 6.11. The number of nitrogens with zero attached hydrogens (tertiary/aromatic N) is 2. The lowest BCUT2D eigenvalue weighted by atomic mass is 10.1. The minimum Gasteiger partial charge on any atom is -0.462 e. The van der Waals surface area contributed by atoms with E-state index in [-0.39, 0.29) is 50.7 Å². The van der Waals surface area contributed by atoms with Crippen molar-refractivity contribution in [1.82, 2.24) is 9.78 Å². The number of alkyl halides is 3. The van der Waals surface area contributed by atoms with E-state index in [0.29, 0.717) is 0 Å². The summed E-state index contributed by atoms with van der Waals surface area (Å²) in [5.41, 5.74) is 4.73. The summed E-state index contributed by atoms with van der Waals surface area (Å²) in [6.07, 6.45) is -4.86. The maximum absolute atomic E-state index is 13.0. The van der Waals surface area contributed by atoms with Gasteiger partial charge < -0.3 is 15.8 Å². The van der Waals surface area contributed by atoms with Gasteiger partial charge in [0.2, 0.25) is 5.91 Å². The van der Waals surface area contributed by atoms with E-state index in [1.165, 1.54) is 13.8 Å². The Labute approximate surface area is 181 Å². The number of thiophene rings is 1. The fourth-order valence-electron chi connectivity index (χ4n) is 2.61. The van der Waals surface area contributed by atoms with Gasteiger partial charge in [-0.25, -0.2) is 4.79 Å². The van der Waals surface area contributed by atoms with Crippen molar-refractivity contribution in [3.8, 4) is 0 Å². The molecule has 3 N–H and O–H groups in total. The van der Waals surface area contributed by atoms with E-state index in [2.05, 4.69) is 26.3 Å². The van der Waals surface area contributed by atoms with E-state index in [1.807, 2.05) is 0 Å². The van der Waals surface area contributed by atoms with E-state index < -0.39 is 29.7 Å². The fraction of sp³-hybridized carbons (Fsp3) is 0.412. The van der Waals surface area contributed by atoms with Crippen molar-refractivity contribution in [2.75, 3.05) is 11.9 Å². The lowest BCUT2D eigenvalue weighted by molar-refractivity contribution is -0.142. The molecule has 0 unspecified atom stereocenters. The number of nitrogens with two attached hydrogens (primary N) is 1. The average molecular weight is 511 g/mol. The number of carbonyl (C=O) groups is 3. The van der Waals surface area contributed by atoms with Crippen LogP contribution in [0.5, 0.6) is 0 Å². The number of amides is 2. The number of ether oxygens (including phenoxy) is 1. The molecule has 0 atom stereocenters. The number of carbonyl (C=O) groups excluding carboxylic acids is 3. The highest BCUT2D eigenvalue weighted by Crippen LogP contribution is 2.36. The van der Waals surface area contributed by atoms with Gasteiger partial charge in [-0.2, -0.15) is 18.3 Å². The Kier molecular flexibility index (Phi) is 7.29. The number of aromatic nitrogens is 2. The van der Waals surface area contributed by atoms with Crippen molar-refractivity contribution < 1.29 is 32.3 Å². The third-order valence-corrected chi connectivity index (χ3v) is 6.23. The summed E-state index contributed by atoms with van der Waals surface area (Å²) in [5.74, 6) is -2.08. The molecular weight excluding hydrogens is 493 g/mol. The number of esters is 1. The molecule has 164 valence electrons. The monoisotopic (exact) mass is 510 g/mol. The van der Waals surface area contributed by atoms with Crippen LogP contribution in [0.3, 0.4) is 0 Å². The third-order valence-electron chi connectivity index (χ3n) is 4.06. The molecule has 0 bridgehead atoms. The molecule has 0 spiro atoms. The predicted molar refractivity (Wildman–Crippen MR) is 106 cm³/mol. The smallest absolute Gasteiger partial charge is 0.436 e. The van der Waals surface area contributed by atoms with Crippen LogP contribution in [0.4, 0.5) is 18.2 Å². The maximum atomic E-state index is 13.0. The summed E-state index contributed by atoms with van der Waals surface area (Å²) in [6, 6.07) is 0. The zero-order valence-electron chi connectivity index (χ0n) is 16.1. The molecule has 8 nitrogen and oxygen atoms in total. The van der Waals surface area contributed by atoms with Gasteiger partial charge in [0.25, 0.3) is 5.91 Å². The largest absolute Gasteiger partial charge is 0.462 e. The first-order chi connectivity index (χ1) is 13.9. The average Bonchev–Trinajstić information content (AvgIpc) is 3.10. The zero-order valence-corrected chi connectivity index (χ0v) is 18.5. The molecule has 0 saturated heterocycles. The third kappa shape index (κ3) is 5.01. The molecular formula is C17H18BrF3N4O4S. The van der Waals surface area contributed by atoms with E-state index in [4.69, 9.17) is 10.5 Å². The molecule has 0 aliphatic heterocycles. The Morgan fingerprint density at radius 3 is 2.43 bits per heavy atom. The van der Waals surface area contributed by atoms with E-state index in [0.717, 1.165) is 16.0 Å². The number of nitrogens with one attached hydrogen (secondary N) is 1. The Balaban J connectivity index is 2.20. The van der Waals surface area contributed by atoms with Gasteiger partial charge in [0.15, 0.2) is 5.69 Å². The van der Waals surface area contributed by atoms with Gasteiger partial charge in [0.05, 0.1) is 33.8 Å². The fourth-order valence-corrected chi connectivity index (χ4v) is 4.18. The number of aryl methyl sites for hydroxylation is 1. The number of anilines is 1. The highest BCUT2D eigenvalue weighted by atomic mass is 79.9. The summed E-state index contributed by atoms with van der Waals surface area (Å²) in [4.78, 5) is 36.2. The molecule has 13 heteroatoms. The van der Waals surface area contributed by atoms with Crippen LogP contribution < -0.4 is 11.1 Å². The zero-order chi connectivity index (χ0) is 22.8. The van der Waals surface area contributed by atoms with Gasteiger partial charge in [-0.1, -0.05) is 0 Å². The molecule has 0 aliphatic carbocycles. The van der Waals surface area contributed by atoms with Gasteiger partial charge >= 0.3 is 12.1 Å². The lowest BCUT2D eigenvalue weighted by Gasteiger charge is -2.08. The number of primary amides is 1. The molecule has 2 aromatic heterocycles. The quantitative estimate of drug-likeness (QED) is 0.551. The molecule has 0 aromatic carbocycles. The molecule has 0 saturated carbocycles. The molecule has 30 heavy (non-hydrogen) atoms. The summed E-state index contributed by atoms with van der Waals surface area (Å²) < 4.78 is 44.7. The van der Waals surface area contributed by atoms with E-state index in [9.17, 15) is 27.6 Å². The van der Waals surface area contributed by atoms with Crippen molar-refractivity contribution in [2.45, 2.75) is 39.9 Å². The summed E-state index contributed by atoms with van der Waals surface area (Å²) in [6.45, 7) is 4.50. The van der Waals surface area contributed by atoms with E-state index in [1.54, 1.807) is 6.92 Å². The standard InChI is InChI=1S/C17H18BrF3N4O4S/c1-4-29-16(28)10-7(2)12(14(22)27)30-15(10)23-9(26)5-6-25-8(3)11(18)13(24-25)17(19,20)21/h4-6H2,1-3H3,(H2,22,27)(H,23,26). The summed E-state index contributed by atoms with van der Waals surface area (Å²) in [5, 5.41) is 6.09. The van der Waals surface area contributed by atoms with Crippen LogP contribution in [0, 0.1) is 13.8 Å². The summed E-state index contributed by atoms with van der Waals surface area (Å²) in [7, 11) is 0. The minimum atomic E-state index is -4.63. The van der Waals surface area contributed by atoms with Crippen LogP contribution in [0.15, 0.2) is 4.47 Å². The summed E-state index contributed by atoms with van der Waals surface area (Å²) >= 11 is 3.69. The second-order valence-corrected chi connectivity index (χ2v) is 7.93. The van der Waals surface area contributed by atoms with Gasteiger partial charge in [-0.15, -0.1) is 11.3 Å². The first-order valence-corrected chi connectivity index (χ1v) is 10.2. The van der Waals surface area contributed by atoms with Crippen molar-refractivity contribution in [3.05, 3.63) is 31.9 Å². The highest BCUT2D eigenvalue weighted by molar-refractivity contribution is 9.10. The highest BCUT2D eigenvalue weighted by Gasteiger charge is 2.38. The van der Waals surface area contributed by atoms with Gasteiger partial charge in [-0.3, -0.25) is 14.3 Å². The Hall–Kier alpha value is -2.41. The lowest BCUT2D eigenvalue weighted by Crippen LogP contribution is -2.17. The normalized spacial score (nSPS) is 11.4. The molecule has 2 aromatic rings. The minimum absolute atomic E-state index is 0.0152. The van der Waals surface area contributed by atoms with Crippen LogP contribution in [0.2, 0.25) is 0 Å². The topological polar surface area (TPSA) is 116 Å².